The fourth-order valence-electron chi connectivity index (χ4n) is 5.63. The molecule has 0 amide bonds. The summed E-state index contributed by atoms with van der Waals surface area (Å²) in [5.41, 5.74) is 0. The van der Waals surface area contributed by atoms with E-state index in [-0.39, 0.29) is 0 Å². The third kappa shape index (κ3) is 39.6. The molecular formula is C46H72O2. The summed E-state index contributed by atoms with van der Waals surface area (Å²) in [5, 5.41) is 19.2. The van der Waals surface area contributed by atoms with E-state index < -0.39 is 12.2 Å². The van der Waals surface area contributed by atoms with Crippen molar-refractivity contribution in [1.82, 2.24) is 0 Å². The molecule has 0 aromatic heterocycles. The maximum absolute atomic E-state index is 9.92. The number of aliphatic hydroxyl groups is 2. The Morgan fingerprint density at radius 3 is 1.19 bits per heavy atom. The number of hydrogen-bond acceptors (Lipinski definition) is 2. The smallest absolute Gasteiger partial charge is 0.176 e. The quantitative estimate of drug-likeness (QED) is 0.0430. The topological polar surface area (TPSA) is 40.5 Å². The second-order valence-electron chi connectivity index (χ2n) is 13.2. The molecule has 2 N–H and O–H groups in total. The molecule has 0 saturated heterocycles. The fourth-order valence-corrected chi connectivity index (χ4v) is 5.63. The highest BCUT2D eigenvalue weighted by Gasteiger charge is 1.98. The summed E-state index contributed by atoms with van der Waals surface area (Å²) >= 11 is 0. The first-order valence-corrected chi connectivity index (χ1v) is 19.9. The number of terminal acetylenes is 2. The summed E-state index contributed by atoms with van der Waals surface area (Å²) in [6, 6.07) is 0. The standard InChI is InChI=1S/C46H72O2/c1-3-5-6-7-8-9-10-11-12-13-14-15-16-17-18-19-20-21-22-23-24-25-26-27-28-29-30-34-37-40-43-46(48)44-41-38-35-32-31-33-36-39-42-45(47)4-2/h1-2,5-6,21-22,27-28,45-48H,7-20,23-26,29-39,42H2/b6-5-,22-21+,28-27+/t45-,46-/m1/s1. The number of hydrogen-bond donors (Lipinski definition) is 2. The minimum atomic E-state index is -0.822. The predicted octanol–water partition coefficient (Wildman–Crippen LogP) is 12.4. The Morgan fingerprint density at radius 2 is 0.750 bits per heavy atom. The van der Waals surface area contributed by atoms with Gasteiger partial charge >= 0.3 is 0 Å². The molecule has 0 radical (unpaired) electrons. The zero-order valence-corrected chi connectivity index (χ0v) is 30.9. The van der Waals surface area contributed by atoms with Crippen LogP contribution in [0.2, 0.25) is 0 Å². The molecule has 0 aliphatic heterocycles. The number of allylic oxidation sites excluding steroid dienone is 6. The molecule has 0 saturated carbocycles. The van der Waals surface area contributed by atoms with Crippen LogP contribution in [0, 0.1) is 48.4 Å². The number of aliphatic hydroxyl groups excluding tert-OH is 2. The highest BCUT2D eigenvalue weighted by Crippen LogP contribution is 2.14. The predicted molar refractivity (Wildman–Crippen MR) is 211 cm³/mol. The van der Waals surface area contributed by atoms with Crippen LogP contribution in [-0.2, 0) is 0 Å². The molecule has 0 bridgehead atoms. The van der Waals surface area contributed by atoms with E-state index in [1.807, 2.05) is 6.08 Å². The van der Waals surface area contributed by atoms with Crippen LogP contribution in [0.3, 0.4) is 0 Å². The van der Waals surface area contributed by atoms with Crippen molar-refractivity contribution in [2.45, 2.75) is 205 Å². The van der Waals surface area contributed by atoms with E-state index in [2.05, 4.69) is 65.9 Å². The van der Waals surface area contributed by atoms with E-state index in [0.717, 1.165) is 64.2 Å². The van der Waals surface area contributed by atoms with Crippen molar-refractivity contribution in [3.05, 3.63) is 36.5 Å². The monoisotopic (exact) mass is 657 g/mol. The SMILES string of the molecule is C#C/C=C\CCCCCCCCCCCCCC/C=C/CCCC/C=C/CCCCC#C[C@@H](O)C#CCCCCCCCC[C@H](O)C#C. The maximum atomic E-state index is 9.92. The molecule has 0 aromatic rings. The first-order chi connectivity index (χ1) is 23.7. The third-order valence-electron chi connectivity index (χ3n) is 8.65. The van der Waals surface area contributed by atoms with Gasteiger partial charge in [0.05, 0.1) is 0 Å². The highest BCUT2D eigenvalue weighted by molar-refractivity contribution is 5.19. The van der Waals surface area contributed by atoms with E-state index in [0.29, 0.717) is 6.42 Å². The third-order valence-corrected chi connectivity index (χ3v) is 8.65. The molecule has 48 heavy (non-hydrogen) atoms. The van der Waals surface area contributed by atoms with Gasteiger partial charge in [-0.15, -0.1) is 12.8 Å². The van der Waals surface area contributed by atoms with Crippen LogP contribution in [0.15, 0.2) is 36.5 Å². The Balaban J connectivity index is 3.39. The molecule has 268 valence electrons. The van der Waals surface area contributed by atoms with Crippen LogP contribution >= 0.6 is 0 Å². The summed E-state index contributed by atoms with van der Waals surface area (Å²) in [4.78, 5) is 0. The van der Waals surface area contributed by atoms with Gasteiger partial charge in [-0.05, 0) is 96.0 Å². The van der Waals surface area contributed by atoms with Gasteiger partial charge in [-0.3, -0.25) is 0 Å². The maximum Gasteiger partial charge on any atom is 0.176 e. The summed E-state index contributed by atoms with van der Waals surface area (Å²) in [5.74, 6) is 16.8. The van der Waals surface area contributed by atoms with Crippen molar-refractivity contribution < 1.29 is 10.2 Å². The molecule has 0 spiro atoms. The lowest BCUT2D eigenvalue weighted by molar-refractivity contribution is 0.217. The van der Waals surface area contributed by atoms with Gasteiger partial charge in [-0.1, -0.05) is 156 Å². The van der Waals surface area contributed by atoms with Crippen LogP contribution in [0.1, 0.15) is 193 Å². The van der Waals surface area contributed by atoms with Gasteiger partial charge in [-0.2, -0.15) is 0 Å². The molecule has 0 aliphatic rings. The molecule has 0 heterocycles. The normalized spacial score (nSPS) is 12.4. The molecular weight excluding hydrogens is 585 g/mol. The minimum Gasteiger partial charge on any atom is -0.380 e. The van der Waals surface area contributed by atoms with Gasteiger partial charge in [-0.25, -0.2) is 0 Å². The van der Waals surface area contributed by atoms with Gasteiger partial charge in [0.15, 0.2) is 6.10 Å². The van der Waals surface area contributed by atoms with E-state index in [1.54, 1.807) is 0 Å². The van der Waals surface area contributed by atoms with Crippen LogP contribution in [-0.4, -0.2) is 22.4 Å². The van der Waals surface area contributed by atoms with Crippen LogP contribution in [0.5, 0.6) is 0 Å². The molecule has 2 nitrogen and oxygen atoms in total. The Kier molecular flexibility index (Phi) is 38.3. The van der Waals surface area contributed by atoms with Gasteiger partial charge in [0.1, 0.15) is 6.10 Å². The van der Waals surface area contributed by atoms with E-state index in [1.165, 1.54) is 122 Å². The van der Waals surface area contributed by atoms with Crippen molar-refractivity contribution in [2.75, 3.05) is 0 Å². The van der Waals surface area contributed by atoms with E-state index >= 15 is 0 Å². The number of rotatable bonds is 32. The summed E-state index contributed by atoms with van der Waals surface area (Å²) in [6.07, 6.45) is 58.7. The Bertz CT molecular complexity index is 980. The highest BCUT2D eigenvalue weighted by atomic mass is 16.3. The van der Waals surface area contributed by atoms with Crippen LogP contribution in [0.25, 0.3) is 0 Å². The second kappa shape index (κ2) is 40.6. The molecule has 2 heteroatoms. The lowest BCUT2D eigenvalue weighted by Gasteiger charge is -2.02. The van der Waals surface area contributed by atoms with Gasteiger partial charge in [0.2, 0.25) is 0 Å². The summed E-state index contributed by atoms with van der Waals surface area (Å²) in [7, 11) is 0. The van der Waals surface area contributed by atoms with Gasteiger partial charge in [0.25, 0.3) is 0 Å². The molecule has 2 atom stereocenters. The van der Waals surface area contributed by atoms with Gasteiger partial charge in [0, 0.05) is 12.8 Å². The summed E-state index contributed by atoms with van der Waals surface area (Å²) in [6.45, 7) is 0. The number of unbranched alkanes of at least 4 members (excludes halogenated alkanes) is 25. The van der Waals surface area contributed by atoms with Crippen molar-refractivity contribution >= 4 is 0 Å². The zero-order valence-electron chi connectivity index (χ0n) is 30.9. The Labute approximate surface area is 299 Å². The van der Waals surface area contributed by atoms with Crippen molar-refractivity contribution in [2.24, 2.45) is 0 Å². The molecule has 0 aliphatic carbocycles. The Hall–Kier alpha value is -2.62. The lowest BCUT2D eigenvalue weighted by Crippen LogP contribution is -2.01. The van der Waals surface area contributed by atoms with Crippen LogP contribution in [0.4, 0.5) is 0 Å². The van der Waals surface area contributed by atoms with E-state index in [9.17, 15) is 10.2 Å². The fraction of sp³-hybridized carbons (Fsp3) is 0.696. The average Bonchev–Trinajstić information content (AvgIpc) is 3.09. The molecule has 0 unspecified atom stereocenters. The van der Waals surface area contributed by atoms with Crippen LogP contribution < -0.4 is 0 Å². The van der Waals surface area contributed by atoms with Crippen molar-refractivity contribution in [1.29, 1.82) is 0 Å². The largest absolute Gasteiger partial charge is 0.380 e. The molecule has 0 rings (SSSR count). The van der Waals surface area contributed by atoms with Crippen molar-refractivity contribution in [3.63, 3.8) is 0 Å². The van der Waals surface area contributed by atoms with E-state index in [4.69, 9.17) is 12.8 Å². The second-order valence-corrected chi connectivity index (χ2v) is 13.2. The van der Waals surface area contributed by atoms with Crippen molar-refractivity contribution in [3.8, 4) is 48.4 Å². The molecule has 0 fully saturated rings. The minimum absolute atomic E-state index is 0.587. The zero-order chi connectivity index (χ0) is 34.9. The van der Waals surface area contributed by atoms with Gasteiger partial charge < -0.3 is 10.2 Å². The summed E-state index contributed by atoms with van der Waals surface area (Å²) < 4.78 is 0. The lowest BCUT2D eigenvalue weighted by atomic mass is 10.0. The molecule has 0 aromatic carbocycles. The first-order valence-electron chi connectivity index (χ1n) is 19.9. The Morgan fingerprint density at radius 1 is 0.417 bits per heavy atom. The first kappa shape index (κ1) is 45.4. The average molecular weight is 657 g/mol.